The van der Waals surface area contributed by atoms with Crippen LogP contribution in [-0.2, 0) is 27.9 Å². The van der Waals surface area contributed by atoms with Crippen molar-refractivity contribution in [2.24, 2.45) is 0 Å². The van der Waals surface area contributed by atoms with Gasteiger partial charge in [0.25, 0.3) is 0 Å². The highest BCUT2D eigenvalue weighted by molar-refractivity contribution is 5.79. The van der Waals surface area contributed by atoms with Gasteiger partial charge in [0.2, 0.25) is 5.91 Å². The summed E-state index contributed by atoms with van der Waals surface area (Å²) in [5, 5.41) is 13.5. The molecule has 2 fully saturated rings. The van der Waals surface area contributed by atoms with Gasteiger partial charge in [0.05, 0.1) is 29.9 Å². The van der Waals surface area contributed by atoms with E-state index in [9.17, 15) is 27.6 Å². The van der Waals surface area contributed by atoms with E-state index in [1.54, 1.807) is 11.8 Å². The van der Waals surface area contributed by atoms with Gasteiger partial charge >= 0.3 is 6.18 Å². The number of halogens is 4. The summed E-state index contributed by atoms with van der Waals surface area (Å²) in [5.74, 6) is -0.0244. The van der Waals surface area contributed by atoms with E-state index in [-0.39, 0.29) is 30.2 Å². The van der Waals surface area contributed by atoms with Crippen LogP contribution in [0.15, 0.2) is 48.5 Å². The number of hydrogen-bond acceptors (Lipinski definition) is 4. The van der Waals surface area contributed by atoms with Crippen LogP contribution in [0.25, 0.3) is 0 Å². The average Bonchev–Trinajstić information content (AvgIpc) is 3.33. The molecular weight excluding hydrogens is 474 g/mol. The van der Waals surface area contributed by atoms with Crippen LogP contribution in [0.1, 0.15) is 61.0 Å². The standard InChI is InChI=1S/C27H29F4N3O2/c1-19(21-12-20(15-28)13-23(14-21)27(29,30)31)36-18-26(22-6-3-2-4-7-22)10-9-25(16-32,17-33-26)34-11-5-8-24(34)35/h2-4,6-7,12-14,19,33H,5,8-11,15,17-18H2,1H3/t19-,25-,26-/m1/s1. The van der Waals surface area contributed by atoms with E-state index in [0.717, 1.165) is 24.1 Å². The van der Waals surface area contributed by atoms with Gasteiger partial charge in [-0.25, -0.2) is 4.39 Å². The van der Waals surface area contributed by atoms with Crippen LogP contribution in [0.4, 0.5) is 17.6 Å². The number of benzene rings is 2. The molecule has 2 aliphatic rings. The molecule has 1 amide bonds. The summed E-state index contributed by atoms with van der Waals surface area (Å²) in [6.45, 7) is 1.55. The van der Waals surface area contributed by atoms with Gasteiger partial charge in [-0.2, -0.15) is 18.4 Å². The Bertz CT molecular complexity index is 1120. The van der Waals surface area contributed by atoms with E-state index in [0.29, 0.717) is 25.8 Å². The van der Waals surface area contributed by atoms with E-state index >= 15 is 0 Å². The number of nitriles is 1. The zero-order valence-corrected chi connectivity index (χ0v) is 20.1. The van der Waals surface area contributed by atoms with Crippen molar-refractivity contribution >= 4 is 5.91 Å². The SMILES string of the molecule is C[C@@H](OC[C@@]1(c2ccccc2)CC[C@](C#N)(N2CCCC2=O)CN1)c1cc(CF)cc(C(F)(F)F)c1. The molecule has 36 heavy (non-hydrogen) atoms. The second kappa shape index (κ2) is 10.2. The lowest BCUT2D eigenvalue weighted by Gasteiger charge is -2.48. The predicted octanol–water partition coefficient (Wildman–Crippen LogP) is 5.42. The first kappa shape index (κ1) is 26.1. The Morgan fingerprint density at radius 2 is 1.94 bits per heavy atom. The van der Waals surface area contributed by atoms with Gasteiger partial charge in [-0.1, -0.05) is 36.4 Å². The summed E-state index contributed by atoms with van der Waals surface area (Å²) in [6, 6.07) is 15.1. The third-order valence-electron chi connectivity index (χ3n) is 7.36. The molecule has 0 unspecified atom stereocenters. The molecule has 0 radical (unpaired) electrons. The zero-order chi connectivity index (χ0) is 26.0. The third kappa shape index (κ3) is 5.11. The highest BCUT2D eigenvalue weighted by atomic mass is 19.4. The Kier molecular flexibility index (Phi) is 7.39. The molecule has 4 rings (SSSR count). The Hall–Kier alpha value is -2.96. The van der Waals surface area contributed by atoms with Crippen LogP contribution in [0, 0.1) is 11.3 Å². The van der Waals surface area contributed by atoms with E-state index in [1.165, 1.54) is 6.07 Å². The maximum Gasteiger partial charge on any atom is 0.416 e. The number of rotatable bonds is 7. The van der Waals surface area contributed by atoms with Gasteiger partial charge in [-0.15, -0.1) is 0 Å². The first-order valence-corrected chi connectivity index (χ1v) is 12.0. The number of ether oxygens (including phenoxy) is 1. The predicted molar refractivity (Wildman–Crippen MR) is 125 cm³/mol. The largest absolute Gasteiger partial charge is 0.416 e. The minimum absolute atomic E-state index is 0.0244. The number of hydrogen-bond donors (Lipinski definition) is 1. The highest BCUT2D eigenvalue weighted by Gasteiger charge is 2.49. The van der Waals surface area contributed by atoms with Crippen molar-refractivity contribution in [3.8, 4) is 6.07 Å². The number of amides is 1. The number of piperidine rings is 1. The Labute approximate surface area is 208 Å². The summed E-state index contributed by atoms with van der Waals surface area (Å²) >= 11 is 0. The molecule has 1 N–H and O–H groups in total. The molecule has 0 spiro atoms. The lowest BCUT2D eigenvalue weighted by molar-refractivity contribution is -0.137. The third-order valence-corrected chi connectivity index (χ3v) is 7.36. The molecule has 192 valence electrons. The lowest BCUT2D eigenvalue weighted by Crippen LogP contribution is -2.64. The van der Waals surface area contributed by atoms with Gasteiger partial charge in [-0.3, -0.25) is 4.79 Å². The topological polar surface area (TPSA) is 65.4 Å². The van der Waals surface area contributed by atoms with Gasteiger partial charge in [0, 0.05) is 19.5 Å². The zero-order valence-electron chi connectivity index (χ0n) is 20.1. The van der Waals surface area contributed by atoms with Gasteiger partial charge in [0.1, 0.15) is 12.2 Å². The first-order valence-electron chi connectivity index (χ1n) is 12.0. The summed E-state index contributed by atoms with van der Waals surface area (Å²) in [5.41, 5.74) is -1.46. The van der Waals surface area contributed by atoms with Crippen molar-refractivity contribution in [1.82, 2.24) is 10.2 Å². The molecule has 0 bridgehead atoms. The Morgan fingerprint density at radius 1 is 1.19 bits per heavy atom. The summed E-state index contributed by atoms with van der Waals surface area (Å²) in [7, 11) is 0. The van der Waals surface area contributed by atoms with Crippen LogP contribution in [0.5, 0.6) is 0 Å². The van der Waals surface area contributed by atoms with Crippen molar-refractivity contribution in [3.63, 3.8) is 0 Å². The summed E-state index contributed by atoms with van der Waals surface area (Å²) < 4.78 is 59.4. The number of nitrogens with one attached hydrogen (secondary N) is 1. The quantitative estimate of drug-likeness (QED) is 0.513. The second-order valence-electron chi connectivity index (χ2n) is 9.64. The van der Waals surface area contributed by atoms with Gasteiger partial charge in [0.15, 0.2) is 0 Å². The van der Waals surface area contributed by atoms with E-state index < -0.39 is 35.6 Å². The van der Waals surface area contributed by atoms with Crippen LogP contribution in [-0.4, -0.2) is 36.0 Å². The van der Waals surface area contributed by atoms with Crippen LogP contribution in [0.2, 0.25) is 0 Å². The number of likely N-dealkylation sites (tertiary alicyclic amines) is 1. The molecule has 2 aromatic rings. The maximum atomic E-state index is 13.3. The summed E-state index contributed by atoms with van der Waals surface area (Å²) in [4.78, 5) is 14.1. The first-order chi connectivity index (χ1) is 17.1. The molecule has 9 heteroatoms. The maximum absolute atomic E-state index is 13.3. The molecule has 3 atom stereocenters. The fraction of sp³-hybridized carbons (Fsp3) is 0.481. The molecule has 0 saturated carbocycles. The second-order valence-corrected chi connectivity index (χ2v) is 9.64. The average molecular weight is 504 g/mol. The molecule has 0 aliphatic carbocycles. The number of carbonyl (C=O) groups excluding carboxylic acids is 1. The van der Waals surface area contributed by atoms with Gasteiger partial charge < -0.3 is 15.0 Å². The Morgan fingerprint density at radius 3 is 2.50 bits per heavy atom. The number of carbonyl (C=O) groups is 1. The molecule has 0 aromatic heterocycles. The van der Waals surface area contributed by atoms with E-state index in [2.05, 4.69) is 11.4 Å². The molecule has 5 nitrogen and oxygen atoms in total. The van der Waals surface area contributed by atoms with Crippen molar-refractivity contribution in [3.05, 3.63) is 70.8 Å². The van der Waals surface area contributed by atoms with Gasteiger partial charge in [-0.05, 0) is 55.0 Å². The number of alkyl halides is 4. The Balaban J connectivity index is 1.57. The lowest BCUT2D eigenvalue weighted by atomic mass is 9.76. The number of nitrogens with zero attached hydrogens (tertiary/aromatic N) is 2. The van der Waals surface area contributed by atoms with E-state index in [1.807, 2.05) is 30.3 Å². The smallest absolute Gasteiger partial charge is 0.372 e. The fourth-order valence-corrected chi connectivity index (χ4v) is 5.17. The van der Waals surface area contributed by atoms with Crippen molar-refractivity contribution in [2.75, 3.05) is 19.7 Å². The molecular formula is C27H29F4N3O2. The normalized spacial score (nSPS) is 25.6. The van der Waals surface area contributed by atoms with Crippen molar-refractivity contribution in [2.45, 2.75) is 62.6 Å². The minimum Gasteiger partial charge on any atom is -0.372 e. The van der Waals surface area contributed by atoms with E-state index in [4.69, 9.17) is 4.74 Å². The van der Waals surface area contributed by atoms with Crippen LogP contribution in [0.3, 0.4) is 0 Å². The molecule has 2 aromatic carbocycles. The van der Waals surface area contributed by atoms with Crippen molar-refractivity contribution in [1.29, 1.82) is 5.26 Å². The molecule has 2 heterocycles. The van der Waals surface area contributed by atoms with Crippen LogP contribution >= 0.6 is 0 Å². The molecule has 2 aliphatic heterocycles. The van der Waals surface area contributed by atoms with Crippen molar-refractivity contribution < 1.29 is 27.1 Å². The monoisotopic (exact) mass is 503 g/mol. The molecule has 2 saturated heterocycles. The fourth-order valence-electron chi connectivity index (χ4n) is 5.17. The van der Waals surface area contributed by atoms with Crippen LogP contribution < -0.4 is 5.32 Å². The highest BCUT2D eigenvalue weighted by Crippen LogP contribution is 2.39. The summed E-state index contributed by atoms with van der Waals surface area (Å²) in [6.07, 6.45) is -3.24. The minimum atomic E-state index is -4.59.